The van der Waals surface area contributed by atoms with Crippen LogP contribution in [-0.4, -0.2) is 45.4 Å². The summed E-state index contributed by atoms with van der Waals surface area (Å²) in [5.41, 5.74) is 0.948. The molecule has 7 nitrogen and oxygen atoms in total. The van der Waals surface area contributed by atoms with Gasteiger partial charge in [0.25, 0.3) is 0 Å². The van der Waals surface area contributed by atoms with Gasteiger partial charge in [0.05, 0.1) is 35.6 Å². The van der Waals surface area contributed by atoms with E-state index in [1.807, 2.05) is 38.1 Å². The van der Waals surface area contributed by atoms with E-state index in [0.717, 1.165) is 11.3 Å². The number of piperidine rings is 1. The summed E-state index contributed by atoms with van der Waals surface area (Å²) in [6, 6.07) is 11.7. The third-order valence-electron chi connectivity index (χ3n) is 5.57. The van der Waals surface area contributed by atoms with Gasteiger partial charge >= 0.3 is 0 Å². The molecule has 0 radical (unpaired) electrons. The predicted molar refractivity (Wildman–Crippen MR) is 124 cm³/mol. The van der Waals surface area contributed by atoms with Crippen molar-refractivity contribution in [3.63, 3.8) is 0 Å². The summed E-state index contributed by atoms with van der Waals surface area (Å²) < 4.78 is 38.2. The molecular formula is C23H29ClN2O5S. The Morgan fingerprint density at radius 2 is 1.97 bits per heavy atom. The number of ether oxygens (including phenoxy) is 2. The maximum atomic E-state index is 13.2. The highest BCUT2D eigenvalue weighted by Gasteiger charge is 2.34. The number of amides is 1. The second kappa shape index (κ2) is 10.6. The number of nitrogens with one attached hydrogen (secondary N) is 1. The van der Waals surface area contributed by atoms with Crippen molar-refractivity contribution in [2.45, 2.75) is 37.6 Å². The molecule has 174 valence electrons. The number of benzene rings is 2. The number of methoxy groups -OCH3 is 1. The Balaban J connectivity index is 1.68. The van der Waals surface area contributed by atoms with Gasteiger partial charge < -0.3 is 14.8 Å². The Bertz CT molecular complexity index is 1040. The molecular weight excluding hydrogens is 452 g/mol. The average Bonchev–Trinajstić information content (AvgIpc) is 2.80. The van der Waals surface area contributed by atoms with E-state index in [0.29, 0.717) is 31.7 Å². The molecule has 3 rings (SSSR count). The Morgan fingerprint density at radius 1 is 1.25 bits per heavy atom. The zero-order chi connectivity index (χ0) is 23.3. The third-order valence-corrected chi connectivity index (χ3v) is 7.73. The SMILES string of the molecule is CCOc1ccc(S(=O)(=O)N2CCC[C@H](C(=O)N[C@@H](C)c3ccc(OC)cc3)C2)cc1Cl. The van der Waals surface area contributed by atoms with E-state index in [4.69, 9.17) is 21.1 Å². The van der Waals surface area contributed by atoms with E-state index in [1.165, 1.54) is 16.4 Å². The number of sulfonamides is 1. The number of halogens is 1. The second-order valence-corrected chi connectivity index (χ2v) is 10.1. The van der Waals surface area contributed by atoms with E-state index in [1.54, 1.807) is 13.2 Å². The third kappa shape index (κ3) is 5.54. The lowest BCUT2D eigenvalue weighted by Gasteiger charge is -2.32. The second-order valence-electron chi connectivity index (χ2n) is 7.73. The highest BCUT2D eigenvalue weighted by molar-refractivity contribution is 7.89. The summed E-state index contributed by atoms with van der Waals surface area (Å²) in [6.45, 7) is 4.66. The highest BCUT2D eigenvalue weighted by Crippen LogP contribution is 2.30. The lowest BCUT2D eigenvalue weighted by atomic mass is 9.98. The molecule has 1 aliphatic heterocycles. The molecule has 9 heteroatoms. The van der Waals surface area contributed by atoms with Gasteiger partial charge in [-0.25, -0.2) is 8.42 Å². The molecule has 0 unspecified atom stereocenters. The number of hydrogen-bond acceptors (Lipinski definition) is 5. The lowest BCUT2D eigenvalue weighted by Crippen LogP contribution is -2.45. The topological polar surface area (TPSA) is 84.9 Å². The molecule has 1 aliphatic rings. The van der Waals surface area contributed by atoms with Crippen LogP contribution in [0.3, 0.4) is 0 Å². The van der Waals surface area contributed by atoms with Crippen LogP contribution in [0.2, 0.25) is 5.02 Å². The fourth-order valence-electron chi connectivity index (χ4n) is 3.75. The molecule has 1 N–H and O–H groups in total. The number of carbonyl (C=O) groups is 1. The first kappa shape index (κ1) is 24.4. The van der Waals surface area contributed by atoms with Crippen LogP contribution in [0.4, 0.5) is 0 Å². The normalized spacial score (nSPS) is 18.1. The van der Waals surface area contributed by atoms with Crippen molar-refractivity contribution in [1.82, 2.24) is 9.62 Å². The van der Waals surface area contributed by atoms with Crippen molar-refractivity contribution in [3.05, 3.63) is 53.1 Å². The average molecular weight is 481 g/mol. The number of nitrogens with zero attached hydrogens (tertiary/aromatic N) is 1. The molecule has 2 aromatic carbocycles. The molecule has 2 aromatic rings. The first-order chi connectivity index (χ1) is 15.3. The summed E-state index contributed by atoms with van der Waals surface area (Å²) in [5, 5.41) is 3.25. The van der Waals surface area contributed by atoms with Crippen LogP contribution in [0.5, 0.6) is 11.5 Å². The minimum absolute atomic E-state index is 0.0959. The number of hydrogen-bond donors (Lipinski definition) is 1. The Labute approximate surface area is 194 Å². The number of carbonyl (C=O) groups excluding carboxylic acids is 1. The van der Waals surface area contributed by atoms with Crippen molar-refractivity contribution >= 4 is 27.5 Å². The van der Waals surface area contributed by atoms with Crippen LogP contribution in [0.25, 0.3) is 0 Å². The lowest BCUT2D eigenvalue weighted by molar-refractivity contribution is -0.126. The maximum absolute atomic E-state index is 13.2. The molecule has 32 heavy (non-hydrogen) atoms. The van der Waals surface area contributed by atoms with Crippen LogP contribution in [-0.2, 0) is 14.8 Å². The van der Waals surface area contributed by atoms with Crippen molar-refractivity contribution in [2.24, 2.45) is 5.92 Å². The Kier molecular flexibility index (Phi) is 8.03. The van der Waals surface area contributed by atoms with Gasteiger partial charge in [0, 0.05) is 13.1 Å². The Morgan fingerprint density at radius 3 is 2.59 bits per heavy atom. The van der Waals surface area contributed by atoms with Gasteiger partial charge in [-0.2, -0.15) is 4.31 Å². The monoisotopic (exact) mass is 480 g/mol. The minimum atomic E-state index is -3.77. The van der Waals surface area contributed by atoms with Crippen molar-refractivity contribution in [3.8, 4) is 11.5 Å². The van der Waals surface area contributed by atoms with Crippen LogP contribution >= 0.6 is 11.6 Å². The van der Waals surface area contributed by atoms with Crippen LogP contribution in [0.15, 0.2) is 47.4 Å². The van der Waals surface area contributed by atoms with Crippen LogP contribution < -0.4 is 14.8 Å². The zero-order valence-electron chi connectivity index (χ0n) is 18.5. The van der Waals surface area contributed by atoms with E-state index < -0.39 is 15.9 Å². The van der Waals surface area contributed by atoms with Crippen LogP contribution in [0, 0.1) is 5.92 Å². The van der Waals surface area contributed by atoms with Gasteiger partial charge in [0.1, 0.15) is 11.5 Å². The largest absolute Gasteiger partial charge is 0.497 e. The molecule has 2 atom stereocenters. The van der Waals surface area contributed by atoms with E-state index in [2.05, 4.69) is 5.32 Å². The smallest absolute Gasteiger partial charge is 0.243 e. The summed E-state index contributed by atoms with van der Waals surface area (Å²) >= 11 is 6.19. The molecule has 0 aromatic heterocycles. The van der Waals surface area contributed by atoms with E-state index in [9.17, 15) is 13.2 Å². The Hall–Kier alpha value is -2.29. The van der Waals surface area contributed by atoms with Gasteiger partial charge in [-0.05, 0) is 62.6 Å². The van der Waals surface area contributed by atoms with Crippen molar-refractivity contribution in [1.29, 1.82) is 0 Å². The quantitative estimate of drug-likeness (QED) is 0.616. The summed E-state index contributed by atoms with van der Waals surface area (Å²) in [4.78, 5) is 13.0. The predicted octanol–water partition coefficient (Wildman–Crippen LogP) is 4.03. The standard InChI is InChI=1S/C23H29ClN2O5S/c1-4-31-22-12-11-20(14-21(22)24)32(28,29)26-13-5-6-18(15-26)23(27)25-16(2)17-7-9-19(30-3)10-8-17/h7-12,14,16,18H,4-6,13,15H2,1-3H3,(H,25,27)/t16-,18-/m0/s1. The summed E-state index contributed by atoms with van der Waals surface area (Å²) in [6.07, 6.45) is 1.25. The molecule has 0 aliphatic carbocycles. The van der Waals surface area contributed by atoms with Gasteiger partial charge in [-0.3, -0.25) is 4.79 Å². The molecule has 1 saturated heterocycles. The van der Waals surface area contributed by atoms with Gasteiger partial charge in [-0.1, -0.05) is 23.7 Å². The first-order valence-electron chi connectivity index (χ1n) is 10.6. The summed E-state index contributed by atoms with van der Waals surface area (Å²) in [7, 11) is -2.17. The molecule has 0 saturated carbocycles. The van der Waals surface area contributed by atoms with Gasteiger partial charge in [-0.15, -0.1) is 0 Å². The van der Waals surface area contributed by atoms with E-state index in [-0.39, 0.29) is 28.4 Å². The molecule has 1 heterocycles. The number of rotatable bonds is 8. The minimum Gasteiger partial charge on any atom is -0.497 e. The fourth-order valence-corrected chi connectivity index (χ4v) is 5.60. The molecule has 1 amide bonds. The molecule has 1 fully saturated rings. The van der Waals surface area contributed by atoms with E-state index >= 15 is 0 Å². The van der Waals surface area contributed by atoms with Crippen molar-refractivity contribution < 1.29 is 22.7 Å². The van der Waals surface area contributed by atoms with Gasteiger partial charge in [0.15, 0.2) is 0 Å². The highest BCUT2D eigenvalue weighted by atomic mass is 35.5. The van der Waals surface area contributed by atoms with Gasteiger partial charge in [0.2, 0.25) is 15.9 Å². The first-order valence-corrected chi connectivity index (χ1v) is 12.4. The van der Waals surface area contributed by atoms with Crippen molar-refractivity contribution in [2.75, 3.05) is 26.8 Å². The molecule has 0 bridgehead atoms. The fraction of sp³-hybridized carbons (Fsp3) is 0.435. The van der Waals surface area contributed by atoms with Crippen LogP contribution in [0.1, 0.15) is 38.3 Å². The maximum Gasteiger partial charge on any atom is 0.243 e. The zero-order valence-corrected chi connectivity index (χ0v) is 20.1. The molecule has 0 spiro atoms. The summed E-state index contributed by atoms with van der Waals surface area (Å²) in [5.74, 6) is 0.613.